The van der Waals surface area contributed by atoms with Crippen LogP contribution in [0, 0.1) is 13.8 Å². The van der Waals surface area contributed by atoms with Crippen molar-refractivity contribution in [2.45, 2.75) is 59.2 Å². The molecule has 4 heteroatoms. The van der Waals surface area contributed by atoms with Gasteiger partial charge in [0.25, 0.3) is 0 Å². The Labute approximate surface area is 139 Å². The molecule has 0 aliphatic carbocycles. The first-order valence-electron chi connectivity index (χ1n) is 8.15. The molecule has 0 spiro atoms. The number of hydrogen-bond donors (Lipinski definition) is 1. The quantitative estimate of drug-likeness (QED) is 0.847. The topological polar surface area (TPSA) is 49.5 Å². The molecule has 1 aromatic heterocycles. The minimum absolute atomic E-state index is 0.604. The summed E-state index contributed by atoms with van der Waals surface area (Å²) in [6.45, 7) is 9.37. The molecule has 126 valence electrons. The monoisotopic (exact) mass is 316 g/mol. The van der Waals surface area contributed by atoms with Crippen molar-refractivity contribution in [1.29, 1.82) is 0 Å². The Morgan fingerprint density at radius 2 is 1.70 bits per heavy atom. The van der Waals surface area contributed by atoms with Crippen LogP contribution in [0.15, 0.2) is 28.8 Å². The average Bonchev–Trinajstić information content (AvgIpc) is 2.77. The summed E-state index contributed by atoms with van der Waals surface area (Å²) >= 11 is 0. The Kier molecular flexibility index (Phi) is 5.60. The molecule has 0 atom stereocenters. The van der Waals surface area contributed by atoms with Crippen LogP contribution >= 0.6 is 0 Å². The number of rotatable bonds is 7. The van der Waals surface area contributed by atoms with Gasteiger partial charge in [0.1, 0.15) is 5.76 Å². The van der Waals surface area contributed by atoms with E-state index in [1.54, 1.807) is 0 Å². The summed E-state index contributed by atoms with van der Waals surface area (Å²) in [4.78, 5) is 2.26. The third kappa shape index (κ3) is 5.48. The lowest BCUT2D eigenvalue weighted by Crippen LogP contribution is -2.19. The van der Waals surface area contributed by atoms with E-state index in [9.17, 15) is 5.11 Å². The molecule has 23 heavy (non-hydrogen) atoms. The predicted molar refractivity (Wildman–Crippen MR) is 92.2 cm³/mol. The summed E-state index contributed by atoms with van der Waals surface area (Å²) in [6.07, 6.45) is 1.68. The summed E-state index contributed by atoms with van der Waals surface area (Å²) in [5.74, 6) is 0.899. The largest absolute Gasteiger partial charge is 0.390 e. The molecule has 0 saturated carbocycles. The average molecular weight is 316 g/mol. The maximum Gasteiger partial charge on any atom is 0.138 e. The van der Waals surface area contributed by atoms with Crippen LogP contribution in [0.4, 0.5) is 0 Å². The normalized spacial score (nSPS) is 12.1. The maximum absolute atomic E-state index is 9.80. The number of aryl methyl sites for hydroxylation is 3. The highest BCUT2D eigenvalue weighted by molar-refractivity contribution is 5.24. The van der Waals surface area contributed by atoms with Gasteiger partial charge in [-0.3, -0.25) is 4.90 Å². The van der Waals surface area contributed by atoms with Crippen LogP contribution in [0.1, 0.15) is 48.4 Å². The third-order valence-electron chi connectivity index (χ3n) is 4.11. The Hall–Kier alpha value is -1.65. The van der Waals surface area contributed by atoms with Crippen LogP contribution in [0.25, 0.3) is 0 Å². The molecular formula is C19H28N2O2. The molecule has 0 aliphatic heterocycles. The second-order valence-electron chi connectivity index (χ2n) is 7.10. The van der Waals surface area contributed by atoms with Gasteiger partial charge in [-0.05, 0) is 58.7 Å². The van der Waals surface area contributed by atoms with Gasteiger partial charge < -0.3 is 9.63 Å². The lowest BCUT2D eigenvalue weighted by molar-refractivity contribution is 0.0714. The van der Waals surface area contributed by atoms with E-state index < -0.39 is 5.60 Å². The smallest absolute Gasteiger partial charge is 0.138 e. The highest BCUT2D eigenvalue weighted by Crippen LogP contribution is 2.17. The second-order valence-corrected chi connectivity index (χ2v) is 7.10. The van der Waals surface area contributed by atoms with Crippen molar-refractivity contribution in [2.24, 2.45) is 0 Å². The lowest BCUT2D eigenvalue weighted by Gasteiger charge is -2.18. The first-order chi connectivity index (χ1) is 10.7. The van der Waals surface area contributed by atoms with Crippen molar-refractivity contribution in [2.75, 3.05) is 7.05 Å². The van der Waals surface area contributed by atoms with Crippen LogP contribution in [0.5, 0.6) is 0 Å². The van der Waals surface area contributed by atoms with Crippen LogP contribution < -0.4 is 0 Å². The van der Waals surface area contributed by atoms with Crippen molar-refractivity contribution in [3.63, 3.8) is 0 Å². The molecule has 0 amide bonds. The maximum atomic E-state index is 9.80. The Morgan fingerprint density at radius 3 is 2.22 bits per heavy atom. The van der Waals surface area contributed by atoms with Crippen LogP contribution in [-0.4, -0.2) is 27.8 Å². The van der Waals surface area contributed by atoms with Gasteiger partial charge >= 0.3 is 0 Å². The first kappa shape index (κ1) is 17.7. The van der Waals surface area contributed by atoms with Gasteiger partial charge in [-0.25, -0.2) is 0 Å². The van der Waals surface area contributed by atoms with Crippen molar-refractivity contribution in [3.05, 3.63) is 52.4 Å². The number of benzene rings is 1. The van der Waals surface area contributed by atoms with Crippen LogP contribution in [0.3, 0.4) is 0 Å². The van der Waals surface area contributed by atoms with E-state index in [4.69, 9.17) is 4.52 Å². The van der Waals surface area contributed by atoms with Crippen molar-refractivity contribution < 1.29 is 9.63 Å². The van der Waals surface area contributed by atoms with E-state index in [0.717, 1.165) is 37.4 Å². The summed E-state index contributed by atoms with van der Waals surface area (Å²) in [5.41, 5.74) is 4.09. The molecule has 4 nitrogen and oxygen atoms in total. The zero-order chi connectivity index (χ0) is 17.0. The summed E-state index contributed by atoms with van der Waals surface area (Å²) in [6, 6.07) is 8.66. The number of hydrogen-bond acceptors (Lipinski definition) is 4. The number of aliphatic hydroxyl groups is 1. The minimum atomic E-state index is -0.604. The van der Waals surface area contributed by atoms with E-state index in [1.165, 1.54) is 16.7 Å². The van der Waals surface area contributed by atoms with E-state index in [2.05, 4.69) is 41.4 Å². The van der Waals surface area contributed by atoms with Crippen molar-refractivity contribution in [1.82, 2.24) is 10.1 Å². The number of aromatic nitrogens is 1. The standard InChI is InChI=1S/C19H28N2O2/c1-14-18(15(2)23-20-14)13-21(5)12-17-8-6-16(7-9-17)10-11-19(3,4)22/h6-9,22H,10-13H2,1-5H3. The molecule has 0 unspecified atom stereocenters. The molecule has 0 bridgehead atoms. The number of nitrogens with zero attached hydrogens (tertiary/aromatic N) is 2. The summed E-state index contributed by atoms with van der Waals surface area (Å²) in [7, 11) is 2.11. The van der Waals surface area contributed by atoms with Crippen LogP contribution in [0.2, 0.25) is 0 Å². The van der Waals surface area contributed by atoms with Gasteiger partial charge in [0.05, 0.1) is 11.3 Å². The first-order valence-corrected chi connectivity index (χ1v) is 8.15. The Morgan fingerprint density at radius 1 is 1.09 bits per heavy atom. The van der Waals surface area contributed by atoms with Gasteiger partial charge in [-0.2, -0.15) is 0 Å². The van der Waals surface area contributed by atoms with E-state index in [0.29, 0.717) is 0 Å². The molecule has 1 N–H and O–H groups in total. The highest BCUT2D eigenvalue weighted by Gasteiger charge is 2.13. The Balaban J connectivity index is 1.90. The van der Waals surface area contributed by atoms with Gasteiger partial charge in [-0.1, -0.05) is 29.4 Å². The van der Waals surface area contributed by atoms with Gasteiger partial charge in [0, 0.05) is 18.7 Å². The molecule has 0 fully saturated rings. The minimum Gasteiger partial charge on any atom is -0.390 e. The summed E-state index contributed by atoms with van der Waals surface area (Å²) in [5, 5.41) is 13.8. The van der Waals surface area contributed by atoms with Gasteiger partial charge in [0.15, 0.2) is 0 Å². The fourth-order valence-corrected chi connectivity index (χ4v) is 2.63. The zero-order valence-electron chi connectivity index (χ0n) is 14.9. The van der Waals surface area contributed by atoms with E-state index in [-0.39, 0.29) is 0 Å². The molecule has 2 aromatic rings. The SMILES string of the molecule is Cc1noc(C)c1CN(C)Cc1ccc(CCC(C)(C)O)cc1. The van der Waals surface area contributed by atoms with Crippen molar-refractivity contribution >= 4 is 0 Å². The third-order valence-corrected chi connectivity index (χ3v) is 4.11. The highest BCUT2D eigenvalue weighted by atomic mass is 16.5. The zero-order valence-corrected chi connectivity index (χ0v) is 14.9. The Bertz CT molecular complexity index is 604. The molecule has 2 rings (SSSR count). The van der Waals surface area contributed by atoms with E-state index in [1.807, 2.05) is 27.7 Å². The van der Waals surface area contributed by atoms with Crippen LogP contribution in [-0.2, 0) is 19.5 Å². The molecule has 1 aromatic carbocycles. The van der Waals surface area contributed by atoms with Crippen molar-refractivity contribution in [3.8, 4) is 0 Å². The molecule has 0 aliphatic rings. The van der Waals surface area contributed by atoms with Gasteiger partial charge in [-0.15, -0.1) is 0 Å². The molecule has 1 heterocycles. The van der Waals surface area contributed by atoms with E-state index >= 15 is 0 Å². The lowest BCUT2D eigenvalue weighted by atomic mass is 9.98. The predicted octanol–water partition coefficient (Wildman–Crippen LogP) is 3.63. The second kappa shape index (κ2) is 7.28. The molecule has 0 radical (unpaired) electrons. The van der Waals surface area contributed by atoms with Gasteiger partial charge in [0.2, 0.25) is 0 Å². The molecular weight excluding hydrogens is 288 g/mol. The fraction of sp³-hybridized carbons (Fsp3) is 0.526. The molecule has 0 saturated heterocycles. The summed E-state index contributed by atoms with van der Waals surface area (Å²) < 4.78 is 5.22. The fourth-order valence-electron chi connectivity index (χ4n) is 2.63.